The van der Waals surface area contributed by atoms with Crippen molar-refractivity contribution < 1.29 is 30.4 Å². The molecule has 0 fully saturated rings. The second-order valence-electron chi connectivity index (χ2n) is 5.13. The predicted molar refractivity (Wildman–Crippen MR) is 81.4 cm³/mol. The summed E-state index contributed by atoms with van der Waals surface area (Å²) in [5.41, 5.74) is -1.92. The lowest BCUT2D eigenvalue weighted by Crippen LogP contribution is -2.17. The quantitative estimate of drug-likeness (QED) is 0.782. The van der Waals surface area contributed by atoms with E-state index in [-0.39, 0.29) is 18.5 Å². The van der Waals surface area contributed by atoms with Crippen molar-refractivity contribution in [1.29, 1.82) is 0 Å². The summed E-state index contributed by atoms with van der Waals surface area (Å²) >= 11 is 0. The van der Waals surface area contributed by atoms with Crippen LogP contribution >= 0.6 is 0 Å². The number of hydrogen-bond acceptors (Lipinski definition) is 3. The molecule has 0 radical (unpaired) electrons. The van der Waals surface area contributed by atoms with Gasteiger partial charge in [-0.2, -0.15) is 13.2 Å². The third-order valence-electron chi connectivity index (χ3n) is 3.38. The maximum atomic E-state index is 13.5. The molecule has 0 spiro atoms. The number of halogens is 5. The summed E-state index contributed by atoms with van der Waals surface area (Å²) in [6.07, 6.45) is -5.04. The summed E-state index contributed by atoms with van der Waals surface area (Å²) in [6, 6.07) is 5.48. The highest BCUT2D eigenvalue weighted by molar-refractivity contribution is 7.89. The molecule has 3 N–H and O–H groups in total. The van der Waals surface area contributed by atoms with E-state index in [0.29, 0.717) is 6.07 Å². The number of anilines is 1. The smallest absolute Gasteiger partial charge is 0.384 e. The fourth-order valence-corrected chi connectivity index (χ4v) is 2.72. The maximum Gasteiger partial charge on any atom is 0.418 e. The topological polar surface area (TPSA) is 72.2 Å². The number of benzene rings is 2. The van der Waals surface area contributed by atoms with Crippen molar-refractivity contribution in [3.05, 3.63) is 59.2 Å². The Bertz CT molecular complexity index is 862. The zero-order chi connectivity index (χ0) is 18.8. The van der Waals surface area contributed by atoms with E-state index in [4.69, 9.17) is 5.14 Å². The normalized spacial score (nSPS) is 12.2. The molecule has 0 heterocycles. The van der Waals surface area contributed by atoms with E-state index in [2.05, 4.69) is 5.32 Å². The van der Waals surface area contributed by atoms with E-state index in [1.54, 1.807) is 0 Å². The summed E-state index contributed by atoms with van der Waals surface area (Å²) in [7, 11) is -4.30. The van der Waals surface area contributed by atoms with Crippen LogP contribution in [0.5, 0.6) is 0 Å². The Morgan fingerprint density at radius 1 is 1.04 bits per heavy atom. The van der Waals surface area contributed by atoms with Crippen LogP contribution in [0, 0.1) is 11.6 Å². The standard InChI is InChI=1S/C15H13F5N2O2S/c16-12-2-1-3-13(17)10(12)6-7-22-14-5-4-9(25(21,23)24)8-11(14)15(18,19)20/h1-5,8,22H,6-7H2,(H2,21,23,24). The Hall–Kier alpha value is -2.20. The first-order valence-electron chi connectivity index (χ1n) is 6.91. The van der Waals surface area contributed by atoms with Crippen LogP contribution in [0.2, 0.25) is 0 Å². The number of hydrogen-bond donors (Lipinski definition) is 2. The number of nitrogens with two attached hydrogens (primary N) is 1. The Morgan fingerprint density at radius 3 is 2.16 bits per heavy atom. The molecular formula is C15H13F5N2O2S. The Morgan fingerprint density at radius 2 is 1.64 bits per heavy atom. The van der Waals surface area contributed by atoms with Gasteiger partial charge in [-0.05, 0) is 36.8 Å². The molecule has 10 heteroatoms. The zero-order valence-corrected chi connectivity index (χ0v) is 13.4. The molecule has 0 saturated heterocycles. The van der Waals surface area contributed by atoms with Crippen molar-refractivity contribution in [2.45, 2.75) is 17.5 Å². The van der Waals surface area contributed by atoms with Gasteiger partial charge in [0.05, 0.1) is 10.5 Å². The number of rotatable bonds is 5. The van der Waals surface area contributed by atoms with Gasteiger partial charge in [0.15, 0.2) is 0 Å². The van der Waals surface area contributed by atoms with Gasteiger partial charge in [0, 0.05) is 17.8 Å². The lowest BCUT2D eigenvalue weighted by molar-refractivity contribution is -0.137. The van der Waals surface area contributed by atoms with Crippen molar-refractivity contribution in [2.75, 3.05) is 11.9 Å². The largest absolute Gasteiger partial charge is 0.418 e. The van der Waals surface area contributed by atoms with E-state index < -0.39 is 44.0 Å². The molecule has 136 valence electrons. The lowest BCUT2D eigenvalue weighted by Gasteiger charge is -2.16. The van der Waals surface area contributed by atoms with Gasteiger partial charge in [0.25, 0.3) is 0 Å². The SMILES string of the molecule is NS(=O)(=O)c1ccc(NCCc2c(F)cccc2F)c(C(F)(F)F)c1. The molecule has 0 bridgehead atoms. The zero-order valence-electron chi connectivity index (χ0n) is 12.6. The highest BCUT2D eigenvalue weighted by Crippen LogP contribution is 2.36. The Balaban J connectivity index is 2.25. The minimum atomic E-state index is -4.84. The van der Waals surface area contributed by atoms with Crippen LogP contribution < -0.4 is 10.5 Å². The first-order chi connectivity index (χ1) is 11.5. The number of primary sulfonamides is 1. The molecule has 0 unspecified atom stereocenters. The molecule has 0 aliphatic carbocycles. The fraction of sp³-hybridized carbons (Fsp3) is 0.200. The van der Waals surface area contributed by atoms with Gasteiger partial charge < -0.3 is 5.32 Å². The Kier molecular flexibility index (Phi) is 5.33. The molecule has 2 rings (SSSR count). The number of alkyl halides is 3. The van der Waals surface area contributed by atoms with Crippen LogP contribution in [0.25, 0.3) is 0 Å². The van der Waals surface area contributed by atoms with Crippen molar-refractivity contribution in [3.8, 4) is 0 Å². The molecule has 0 atom stereocenters. The van der Waals surface area contributed by atoms with E-state index in [0.717, 1.165) is 24.3 Å². The van der Waals surface area contributed by atoms with Gasteiger partial charge in [-0.3, -0.25) is 0 Å². The molecule has 2 aromatic rings. The van der Waals surface area contributed by atoms with Crippen LogP contribution in [-0.2, 0) is 22.6 Å². The Labute approximate surface area is 140 Å². The van der Waals surface area contributed by atoms with Crippen molar-refractivity contribution in [2.24, 2.45) is 5.14 Å². The van der Waals surface area contributed by atoms with Crippen molar-refractivity contribution in [1.82, 2.24) is 0 Å². The van der Waals surface area contributed by atoms with Crippen LogP contribution in [0.4, 0.5) is 27.6 Å². The molecule has 4 nitrogen and oxygen atoms in total. The van der Waals surface area contributed by atoms with Gasteiger partial charge in [0.2, 0.25) is 10.0 Å². The minimum Gasteiger partial charge on any atom is -0.384 e. The molecule has 0 aliphatic rings. The van der Waals surface area contributed by atoms with Gasteiger partial charge >= 0.3 is 6.18 Å². The highest BCUT2D eigenvalue weighted by atomic mass is 32.2. The van der Waals surface area contributed by atoms with Gasteiger partial charge in [-0.15, -0.1) is 0 Å². The average Bonchev–Trinajstić information content (AvgIpc) is 2.48. The molecule has 0 saturated carbocycles. The molecule has 0 aromatic heterocycles. The van der Waals surface area contributed by atoms with Crippen molar-refractivity contribution in [3.63, 3.8) is 0 Å². The first-order valence-corrected chi connectivity index (χ1v) is 8.45. The van der Waals surface area contributed by atoms with E-state index in [1.165, 1.54) is 6.07 Å². The molecular weight excluding hydrogens is 367 g/mol. The van der Waals surface area contributed by atoms with Crippen LogP contribution in [0.3, 0.4) is 0 Å². The van der Waals surface area contributed by atoms with Crippen LogP contribution in [0.15, 0.2) is 41.3 Å². The van der Waals surface area contributed by atoms with Crippen LogP contribution in [0.1, 0.15) is 11.1 Å². The van der Waals surface area contributed by atoms with Crippen molar-refractivity contribution >= 4 is 15.7 Å². The first kappa shape index (κ1) is 19.1. The maximum absolute atomic E-state index is 13.5. The van der Waals surface area contributed by atoms with Gasteiger partial charge in [0.1, 0.15) is 11.6 Å². The summed E-state index contributed by atoms with van der Waals surface area (Å²) in [5.74, 6) is -1.61. The highest BCUT2D eigenvalue weighted by Gasteiger charge is 2.34. The molecule has 25 heavy (non-hydrogen) atoms. The number of sulfonamides is 1. The van der Waals surface area contributed by atoms with E-state index >= 15 is 0 Å². The molecule has 0 aliphatic heterocycles. The minimum absolute atomic E-state index is 0.199. The van der Waals surface area contributed by atoms with Gasteiger partial charge in [-0.1, -0.05) is 6.07 Å². The van der Waals surface area contributed by atoms with Crippen LogP contribution in [-0.4, -0.2) is 15.0 Å². The second-order valence-corrected chi connectivity index (χ2v) is 6.69. The van der Waals surface area contributed by atoms with Gasteiger partial charge in [-0.25, -0.2) is 22.3 Å². The summed E-state index contributed by atoms with van der Waals surface area (Å²) in [5, 5.41) is 7.24. The molecule has 2 aromatic carbocycles. The predicted octanol–water partition coefficient (Wildman–Crippen LogP) is 3.29. The average molecular weight is 380 g/mol. The summed E-state index contributed by atoms with van der Waals surface area (Å²) in [6.45, 7) is -0.199. The third-order valence-corrected chi connectivity index (χ3v) is 4.29. The third kappa shape index (κ3) is 4.67. The summed E-state index contributed by atoms with van der Waals surface area (Å²) in [4.78, 5) is -0.689. The number of nitrogens with one attached hydrogen (secondary N) is 1. The lowest BCUT2D eigenvalue weighted by atomic mass is 10.1. The summed E-state index contributed by atoms with van der Waals surface area (Å²) < 4.78 is 88.7. The molecule has 0 amide bonds. The second kappa shape index (κ2) is 6.96. The van der Waals surface area contributed by atoms with E-state index in [1.807, 2.05) is 0 Å². The fourth-order valence-electron chi connectivity index (χ4n) is 2.18. The monoisotopic (exact) mass is 380 g/mol. The van der Waals surface area contributed by atoms with E-state index in [9.17, 15) is 30.4 Å².